The van der Waals surface area contributed by atoms with Crippen molar-refractivity contribution in [1.82, 2.24) is 5.32 Å². The minimum atomic E-state index is -1.26. The summed E-state index contributed by atoms with van der Waals surface area (Å²) in [6.45, 7) is 3.88. The third kappa shape index (κ3) is 3.97. The lowest BCUT2D eigenvalue weighted by Gasteiger charge is -2.08. The standard InChI is InChI=1S/C18H17NO4/c1-11-7-8-13(9-12(11)2)10-15(18(22)23)19-17(21)14-5-3-4-6-16(14)20/h3-10,20H,1-2H3,(H,19,21)(H,22,23)/b15-10-. The Morgan fingerprint density at radius 2 is 1.74 bits per heavy atom. The molecule has 0 saturated heterocycles. The van der Waals surface area contributed by atoms with E-state index in [0.717, 1.165) is 11.1 Å². The molecule has 0 unspecified atom stereocenters. The summed E-state index contributed by atoms with van der Waals surface area (Å²) in [6, 6.07) is 11.4. The Labute approximate surface area is 133 Å². The maximum absolute atomic E-state index is 12.1. The van der Waals surface area contributed by atoms with E-state index in [2.05, 4.69) is 5.32 Å². The highest BCUT2D eigenvalue weighted by molar-refractivity contribution is 6.04. The van der Waals surface area contributed by atoms with Crippen LogP contribution in [-0.2, 0) is 4.79 Å². The molecule has 0 fully saturated rings. The van der Waals surface area contributed by atoms with Gasteiger partial charge >= 0.3 is 5.97 Å². The van der Waals surface area contributed by atoms with Crippen molar-refractivity contribution in [2.75, 3.05) is 0 Å². The number of carbonyl (C=O) groups excluding carboxylic acids is 1. The van der Waals surface area contributed by atoms with Crippen LogP contribution in [0.2, 0.25) is 0 Å². The summed E-state index contributed by atoms with van der Waals surface area (Å²) in [5, 5.41) is 21.3. The molecule has 0 bridgehead atoms. The molecule has 23 heavy (non-hydrogen) atoms. The number of para-hydroxylation sites is 1. The van der Waals surface area contributed by atoms with E-state index in [0.29, 0.717) is 5.56 Å². The fourth-order valence-electron chi connectivity index (χ4n) is 2.03. The van der Waals surface area contributed by atoms with Crippen molar-refractivity contribution < 1.29 is 19.8 Å². The van der Waals surface area contributed by atoms with Crippen molar-refractivity contribution in [3.8, 4) is 5.75 Å². The molecule has 2 aromatic carbocycles. The first-order valence-corrected chi connectivity index (χ1v) is 7.00. The SMILES string of the molecule is Cc1ccc(/C=C(\NC(=O)c2ccccc2O)C(=O)O)cc1C. The van der Waals surface area contributed by atoms with Crippen LogP contribution >= 0.6 is 0 Å². The summed E-state index contributed by atoms with van der Waals surface area (Å²) in [5.41, 5.74) is 2.54. The van der Waals surface area contributed by atoms with Gasteiger partial charge in [0.15, 0.2) is 0 Å². The zero-order chi connectivity index (χ0) is 17.0. The second-order valence-corrected chi connectivity index (χ2v) is 5.18. The Morgan fingerprint density at radius 1 is 1.04 bits per heavy atom. The van der Waals surface area contributed by atoms with Gasteiger partial charge < -0.3 is 15.5 Å². The van der Waals surface area contributed by atoms with Gasteiger partial charge in [-0.15, -0.1) is 0 Å². The van der Waals surface area contributed by atoms with Gasteiger partial charge in [0, 0.05) is 0 Å². The molecule has 0 atom stereocenters. The number of aromatic hydroxyl groups is 1. The molecule has 0 radical (unpaired) electrons. The Kier molecular flexibility index (Phi) is 4.81. The van der Waals surface area contributed by atoms with Crippen LogP contribution in [0.4, 0.5) is 0 Å². The van der Waals surface area contributed by atoms with Crippen LogP contribution in [0.3, 0.4) is 0 Å². The molecular formula is C18H17NO4. The Morgan fingerprint density at radius 3 is 2.35 bits per heavy atom. The van der Waals surface area contributed by atoms with E-state index in [-0.39, 0.29) is 17.0 Å². The molecule has 118 valence electrons. The van der Waals surface area contributed by atoms with E-state index in [1.54, 1.807) is 18.2 Å². The van der Waals surface area contributed by atoms with Crippen LogP contribution in [0.5, 0.6) is 5.75 Å². The van der Waals surface area contributed by atoms with Gasteiger partial charge in [-0.3, -0.25) is 4.79 Å². The number of aliphatic carboxylic acids is 1. The number of nitrogens with one attached hydrogen (secondary N) is 1. The number of phenolic OH excluding ortho intramolecular Hbond substituents is 1. The van der Waals surface area contributed by atoms with Gasteiger partial charge in [0.1, 0.15) is 11.4 Å². The monoisotopic (exact) mass is 311 g/mol. The highest BCUT2D eigenvalue weighted by Gasteiger charge is 2.15. The van der Waals surface area contributed by atoms with Gasteiger partial charge in [-0.1, -0.05) is 30.3 Å². The van der Waals surface area contributed by atoms with Crippen molar-refractivity contribution >= 4 is 18.0 Å². The average Bonchev–Trinajstić information content (AvgIpc) is 2.50. The Hall–Kier alpha value is -3.08. The summed E-state index contributed by atoms with van der Waals surface area (Å²) in [6.07, 6.45) is 1.38. The quantitative estimate of drug-likeness (QED) is 0.758. The maximum atomic E-state index is 12.1. The lowest BCUT2D eigenvalue weighted by atomic mass is 10.1. The summed E-state index contributed by atoms with van der Waals surface area (Å²) in [5.74, 6) is -2.14. The highest BCUT2D eigenvalue weighted by Crippen LogP contribution is 2.17. The number of hydrogen-bond acceptors (Lipinski definition) is 3. The van der Waals surface area contributed by atoms with Crippen LogP contribution in [0.25, 0.3) is 6.08 Å². The van der Waals surface area contributed by atoms with Crippen LogP contribution in [-0.4, -0.2) is 22.1 Å². The van der Waals surface area contributed by atoms with Crippen LogP contribution < -0.4 is 5.32 Å². The fourth-order valence-corrected chi connectivity index (χ4v) is 2.03. The van der Waals surface area contributed by atoms with Gasteiger partial charge in [-0.05, 0) is 48.7 Å². The molecule has 0 aliphatic rings. The van der Waals surface area contributed by atoms with Crippen molar-refractivity contribution in [1.29, 1.82) is 0 Å². The van der Waals surface area contributed by atoms with E-state index in [9.17, 15) is 19.8 Å². The lowest BCUT2D eigenvalue weighted by molar-refractivity contribution is -0.132. The van der Waals surface area contributed by atoms with E-state index >= 15 is 0 Å². The van der Waals surface area contributed by atoms with Gasteiger partial charge in [-0.25, -0.2) is 4.79 Å². The number of carbonyl (C=O) groups is 2. The number of carboxylic acids is 1. The highest BCUT2D eigenvalue weighted by atomic mass is 16.4. The number of aryl methyl sites for hydroxylation is 2. The molecule has 0 aliphatic carbocycles. The summed E-state index contributed by atoms with van der Waals surface area (Å²) >= 11 is 0. The van der Waals surface area contributed by atoms with Crippen molar-refractivity contribution in [3.63, 3.8) is 0 Å². The minimum Gasteiger partial charge on any atom is -0.507 e. The number of amides is 1. The van der Waals surface area contributed by atoms with Gasteiger partial charge in [0.2, 0.25) is 0 Å². The van der Waals surface area contributed by atoms with E-state index < -0.39 is 11.9 Å². The first kappa shape index (κ1) is 16.3. The first-order valence-electron chi connectivity index (χ1n) is 7.00. The molecule has 5 heteroatoms. The largest absolute Gasteiger partial charge is 0.507 e. The lowest BCUT2D eigenvalue weighted by Crippen LogP contribution is -2.27. The molecule has 0 spiro atoms. The summed E-state index contributed by atoms with van der Waals surface area (Å²) in [4.78, 5) is 23.5. The van der Waals surface area contributed by atoms with Crippen molar-refractivity contribution in [2.24, 2.45) is 0 Å². The zero-order valence-electron chi connectivity index (χ0n) is 12.8. The number of carboxylic acid groups (broad SMARTS) is 1. The second kappa shape index (κ2) is 6.79. The van der Waals surface area contributed by atoms with Crippen LogP contribution in [0.15, 0.2) is 48.2 Å². The van der Waals surface area contributed by atoms with Crippen molar-refractivity contribution in [3.05, 3.63) is 70.4 Å². The topological polar surface area (TPSA) is 86.6 Å². The van der Waals surface area contributed by atoms with Crippen LogP contribution in [0.1, 0.15) is 27.0 Å². The number of phenols is 1. The fraction of sp³-hybridized carbons (Fsp3) is 0.111. The van der Waals surface area contributed by atoms with Gasteiger partial charge in [0.05, 0.1) is 5.56 Å². The Balaban J connectivity index is 2.30. The van der Waals surface area contributed by atoms with Crippen LogP contribution in [0, 0.1) is 13.8 Å². The summed E-state index contributed by atoms with van der Waals surface area (Å²) in [7, 11) is 0. The molecule has 5 nitrogen and oxygen atoms in total. The van der Waals surface area contributed by atoms with Crippen molar-refractivity contribution in [2.45, 2.75) is 13.8 Å². The molecule has 2 rings (SSSR count). The number of rotatable bonds is 4. The second-order valence-electron chi connectivity index (χ2n) is 5.18. The number of hydrogen-bond donors (Lipinski definition) is 3. The first-order chi connectivity index (χ1) is 10.9. The molecule has 0 aromatic heterocycles. The number of benzene rings is 2. The predicted molar refractivity (Wildman–Crippen MR) is 87.1 cm³/mol. The van der Waals surface area contributed by atoms with Gasteiger partial charge in [0.25, 0.3) is 5.91 Å². The smallest absolute Gasteiger partial charge is 0.352 e. The zero-order valence-corrected chi connectivity index (χ0v) is 12.8. The maximum Gasteiger partial charge on any atom is 0.352 e. The summed E-state index contributed by atoms with van der Waals surface area (Å²) < 4.78 is 0. The molecule has 2 aromatic rings. The normalized spacial score (nSPS) is 11.1. The molecule has 1 amide bonds. The molecule has 0 aliphatic heterocycles. The van der Waals surface area contributed by atoms with E-state index in [4.69, 9.17) is 0 Å². The predicted octanol–water partition coefficient (Wildman–Crippen LogP) is 2.86. The Bertz CT molecular complexity index is 793. The molecular weight excluding hydrogens is 294 g/mol. The van der Waals surface area contributed by atoms with E-state index in [1.165, 1.54) is 18.2 Å². The average molecular weight is 311 g/mol. The molecule has 0 saturated carbocycles. The van der Waals surface area contributed by atoms with Gasteiger partial charge in [-0.2, -0.15) is 0 Å². The molecule has 3 N–H and O–H groups in total. The third-order valence-electron chi connectivity index (χ3n) is 3.47. The van der Waals surface area contributed by atoms with E-state index in [1.807, 2.05) is 26.0 Å². The third-order valence-corrected chi connectivity index (χ3v) is 3.47. The minimum absolute atomic E-state index is 0.0136. The molecule has 0 heterocycles.